The van der Waals surface area contributed by atoms with Gasteiger partial charge in [-0.2, -0.15) is 0 Å². The first-order valence-corrected chi connectivity index (χ1v) is 10.2. The van der Waals surface area contributed by atoms with Gasteiger partial charge < -0.3 is 9.84 Å². The maximum atomic E-state index is 11.4. The van der Waals surface area contributed by atoms with Crippen LogP contribution in [0, 0.1) is 0 Å². The van der Waals surface area contributed by atoms with Crippen LogP contribution in [-0.4, -0.2) is 40.3 Å². The Morgan fingerprint density at radius 3 is 2.89 bits per heavy atom. The molecule has 1 amide bonds. The van der Waals surface area contributed by atoms with Gasteiger partial charge >= 0.3 is 12.1 Å². The van der Waals surface area contributed by atoms with Gasteiger partial charge in [0.1, 0.15) is 10.8 Å². The SMILES string of the molecule is CCOC(=O)C=Cc1nc(CCCc2ccc3c(n2)N(C(=O)O)CCC3)cs1. The molecule has 1 aliphatic rings. The summed E-state index contributed by atoms with van der Waals surface area (Å²) in [5.41, 5.74) is 2.86. The molecule has 0 bridgehead atoms. The van der Waals surface area contributed by atoms with Crippen LogP contribution in [0.5, 0.6) is 0 Å². The minimum absolute atomic E-state index is 0.354. The summed E-state index contributed by atoms with van der Waals surface area (Å²) in [6.07, 6.45) is 6.22. The molecule has 3 rings (SSSR count). The van der Waals surface area contributed by atoms with Crippen molar-refractivity contribution in [2.45, 2.75) is 39.0 Å². The molecule has 148 valence electrons. The molecule has 3 heterocycles. The molecule has 1 N–H and O–H groups in total. The number of fused-ring (bicyclic) bond motifs is 1. The fourth-order valence-electron chi connectivity index (χ4n) is 3.10. The van der Waals surface area contributed by atoms with E-state index >= 15 is 0 Å². The number of rotatable bonds is 7. The minimum atomic E-state index is -0.948. The van der Waals surface area contributed by atoms with Crippen molar-refractivity contribution in [3.8, 4) is 0 Å². The van der Waals surface area contributed by atoms with E-state index in [1.54, 1.807) is 13.0 Å². The number of carboxylic acid groups (broad SMARTS) is 1. The van der Waals surface area contributed by atoms with Gasteiger partial charge in [0.05, 0.1) is 12.3 Å². The molecule has 2 aromatic heterocycles. The Bertz CT molecular complexity index is 878. The highest BCUT2D eigenvalue weighted by Gasteiger charge is 2.23. The molecule has 2 aromatic rings. The van der Waals surface area contributed by atoms with Crippen molar-refractivity contribution in [1.29, 1.82) is 0 Å². The van der Waals surface area contributed by atoms with Gasteiger partial charge in [-0.3, -0.25) is 4.90 Å². The summed E-state index contributed by atoms with van der Waals surface area (Å²) in [6.45, 7) is 2.62. The molecule has 0 spiro atoms. The molecule has 8 heteroatoms. The normalized spacial score (nSPS) is 13.5. The lowest BCUT2D eigenvalue weighted by atomic mass is 10.0. The first-order valence-electron chi connectivity index (χ1n) is 9.35. The van der Waals surface area contributed by atoms with Gasteiger partial charge in [0, 0.05) is 23.7 Å². The zero-order valence-electron chi connectivity index (χ0n) is 15.8. The van der Waals surface area contributed by atoms with Crippen LogP contribution >= 0.6 is 11.3 Å². The van der Waals surface area contributed by atoms with Crippen molar-refractivity contribution in [3.05, 3.63) is 45.5 Å². The number of hydrogen-bond donors (Lipinski definition) is 1. The van der Waals surface area contributed by atoms with Crippen molar-refractivity contribution < 1.29 is 19.4 Å². The van der Waals surface area contributed by atoms with E-state index in [4.69, 9.17) is 4.74 Å². The molecule has 7 nitrogen and oxygen atoms in total. The van der Waals surface area contributed by atoms with E-state index in [0.29, 0.717) is 19.0 Å². The summed E-state index contributed by atoms with van der Waals surface area (Å²) in [7, 11) is 0. The first kappa shape index (κ1) is 20.0. The van der Waals surface area contributed by atoms with Crippen molar-refractivity contribution in [2.75, 3.05) is 18.1 Å². The standard InChI is InChI=1S/C20H23N3O4S/c1-2-27-18(24)11-10-17-21-16(13-28-17)7-3-6-15-9-8-14-5-4-12-23(20(25)26)19(14)22-15/h8-11,13H,2-7,12H2,1H3,(H,25,26). The maximum absolute atomic E-state index is 11.4. The number of aromatic nitrogens is 2. The largest absolute Gasteiger partial charge is 0.465 e. The maximum Gasteiger partial charge on any atom is 0.413 e. The summed E-state index contributed by atoms with van der Waals surface area (Å²) in [5.74, 6) is 0.212. The summed E-state index contributed by atoms with van der Waals surface area (Å²) < 4.78 is 4.85. The Balaban J connectivity index is 1.55. The van der Waals surface area contributed by atoms with Gasteiger partial charge in [0.15, 0.2) is 0 Å². The van der Waals surface area contributed by atoms with Crippen LogP contribution in [0.15, 0.2) is 23.6 Å². The lowest BCUT2D eigenvalue weighted by Crippen LogP contribution is -2.35. The Morgan fingerprint density at radius 2 is 2.11 bits per heavy atom. The second kappa shape index (κ2) is 9.45. The zero-order chi connectivity index (χ0) is 19.9. The fraction of sp³-hybridized carbons (Fsp3) is 0.400. The van der Waals surface area contributed by atoms with E-state index in [-0.39, 0.29) is 5.97 Å². The molecule has 1 aliphatic heterocycles. The monoisotopic (exact) mass is 401 g/mol. The highest BCUT2D eigenvalue weighted by molar-refractivity contribution is 7.10. The number of ether oxygens (including phenoxy) is 1. The number of carbonyl (C=O) groups is 2. The van der Waals surface area contributed by atoms with Crippen LogP contribution in [0.4, 0.5) is 10.6 Å². The number of anilines is 1. The van der Waals surface area contributed by atoms with Crippen molar-refractivity contribution >= 4 is 35.3 Å². The lowest BCUT2D eigenvalue weighted by molar-refractivity contribution is -0.137. The molecule has 28 heavy (non-hydrogen) atoms. The highest BCUT2D eigenvalue weighted by atomic mass is 32.1. The molecular formula is C20H23N3O4S. The summed E-state index contributed by atoms with van der Waals surface area (Å²) >= 11 is 1.48. The molecule has 0 saturated carbocycles. The molecule has 0 radical (unpaired) electrons. The lowest BCUT2D eigenvalue weighted by Gasteiger charge is -2.26. The number of carbonyl (C=O) groups excluding carboxylic acids is 1. The van der Waals surface area contributed by atoms with Gasteiger partial charge in [-0.25, -0.2) is 19.6 Å². The van der Waals surface area contributed by atoms with Crippen molar-refractivity contribution in [2.24, 2.45) is 0 Å². The number of esters is 1. The summed E-state index contributed by atoms with van der Waals surface area (Å²) in [4.78, 5) is 33.2. The Morgan fingerprint density at radius 1 is 1.29 bits per heavy atom. The number of thiazole rings is 1. The summed E-state index contributed by atoms with van der Waals surface area (Å²) in [5, 5.41) is 12.1. The van der Waals surface area contributed by atoms with Crippen LogP contribution in [0.25, 0.3) is 6.08 Å². The summed E-state index contributed by atoms with van der Waals surface area (Å²) in [6, 6.07) is 3.98. The van der Waals surface area contributed by atoms with Gasteiger partial charge in [0.25, 0.3) is 0 Å². The van der Waals surface area contributed by atoms with Crippen LogP contribution in [0.2, 0.25) is 0 Å². The predicted octanol–water partition coefficient (Wildman–Crippen LogP) is 3.72. The molecule has 0 aliphatic carbocycles. The predicted molar refractivity (Wildman–Crippen MR) is 108 cm³/mol. The van der Waals surface area contributed by atoms with Gasteiger partial charge in [0.2, 0.25) is 0 Å². The van der Waals surface area contributed by atoms with Gasteiger partial charge in [-0.15, -0.1) is 11.3 Å². The zero-order valence-corrected chi connectivity index (χ0v) is 16.6. The fourth-order valence-corrected chi connectivity index (χ4v) is 3.84. The third kappa shape index (κ3) is 5.16. The molecule has 0 aromatic carbocycles. The van der Waals surface area contributed by atoms with Crippen molar-refractivity contribution in [1.82, 2.24) is 9.97 Å². The second-order valence-corrected chi connectivity index (χ2v) is 7.33. The average Bonchev–Trinajstić information content (AvgIpc) is 3.14. The van der Waals surface area contributed by atoms with Crippen LogP contribution in [0.1, 0.15) is 41.7 Å². The number of pyridine rings is 1. The van der Waals surface area contributed by atoms with Crippen molar-refractivity contribution in [3.63, 3.8) is 0 Å². The Labute approximate surface area is 167 Å². The van der Waals surface area contributed by atoms with E-state index in [0.717, 1.165) is 54.1 Å². The van der Waals surface area contributed by atoms with E-state index in [9.17, 15) is 14.7 Å². The smallest absolute Gasteiger partial charge is 0.413 e. The number of hydrogen-bond acceptors (Lipinski definition) is 6. The van der Waals surface area contributed by atoms with Crippen LogP contribution in [-0.2, 0) is 28.8 Å². The molecule has 0 unspecified atom stereocenters. The average molecular weight is 401 g/mol. The van der Waals surface area contributed by atoms with Crippen LogP contribution < -0.4 is 4.90 Å². The Hall–Kier alpha value is -2.74. The van der Waals surface area contributed by atoms with E-state index < -0.39 is 6.09 Å². The molecule has 0 atom stereocenters. The third-order valence-electron chi connectivity index (χ3n) is 4.41. The van der Waals surface area contributed by atoms with E-state index in [2.05, 4.69) is 9.97 Å². The third-order valence-corrected chi connectivity index (χ3v) is 5.27. The first-order chi connectivity index (χ1) is 13.6. The van der Waals surface area contributed by atoms with Crippen LogP contribution in [0.3, 0.4) is 0 Å². The number of nitrogens with zero attached hydrogens (tertiary/aromatic N) is 3. The Kier molecular flexibility index (Phi) is 6.76. The van der Waals surface area contributed by atoms with Gasteiger partial charge in [-0.1, -0.05) is 6.07 Å². The van der Waals surface area contributed by atoms with Gasteiger partial charge in [-0.05, 0) is 56.7 Å². The molecule has 0 fully saturated rings. The van der Waals surface area contributed by atoms with E-state index in [1.807, 2.05) is 17.5 Å². The quantitative estimate of drug-likeness (QED) is 0.561. The topological polar surface area (TPSA) is 92.6 Å². The van der Waals surface area contributed by atoms with E-state index in [1.165, 1.54) is 22.3 Å². The number of amides is 1. The molecule has 0 saturated heterocycles. The second-order valence-electron chi connectivity index (χ2n) is 6.44. The number of aryl methyl sites for hydroxylation is 3. The highest BCUT2D eigenvalue weighted by Crippen LogP contribution is 2.26. The minimum Gasteiger partial charge on any atom is -0.465 e. The molecular weight excluding hydrogens is 378 g/mol.